The van der Waals surface area contributed by atoms with Crippen LogP contribution in [-0.2, 0) is 0 Å². The Morgan fingerprint density at radius 1 is 1.64 bits per heavy atom. The predicted octanol–water partition coefficient (Wildman–Crippen LogP) is 0.311. The third kappa shape index (κ3) is 1.58. The Labute approximate surface area is 63.2 Å². The maximum atomic E-state index is 10.6. The Morgan fingerprint density at radius 3 is 3.09 bits per heavy atom. The normalized spacial score (nSPS) is 16.4. The standard InChI is InChI=1S/C7H8N2O2/c10-7-8-4-3-6(9-7)11-5-1-2-5/h3-5H,1-2H2,(H,8,9,10). The second-order valence-corrected chi connectivity index (χ2v) is 2.56. The Kier molecular flexibility index (Phi) is 1.38. The van der Waals surface area contributed by atoms with Gasteiger partial charge in [0, 0.05) is 12.3 Å². The molecule has 0 bridgehead atoms. The lowest BCUT2D eigenvalue weighted by molar-refractivity contribution is 0.289. The first-order chi connectivity index (χ1) is 5.34. The number of aromatic nitrogens is 2. The van der Waals surface area contributed by atoms with Crippen LogP contribution in [0.15, 0.2) is 17.1 Å². The van der Waals surface area contributed by atoms with Gasteiger partial charge in [-0.3, -0.25) is 4.98 Å². The summed E-state index contributed by atoms with van der Waals surface area (Å²) in [7, 11) is 0. The smallest absolute Gasteiger partial charge is 0.347 e. The van der Waals surface area contributed by atoms with Crippen molar-refractivity contribution in [1.29, 1.82) is 0 Å². The van der Waals surface area contributed by atoms with Crippen LogP contribution in [0, 0.1) is 0 Å². The van der Waals surface area contributed by atoms with E-state index >= 15 is 0 Å². The highest BCUT2D eigenvalue weighted by atomic mass is 16.5. The van der Waals surface area contributed by atoms with Crippen molar-refractivity contribution in [3.8, 4) is 5.88 Å². The molecule has 0 unspecified atom stereocenters. The summed E-state index contributed by atoms with van der Waals surface area (Å²) < 4.78 is 5.31. The van der Waals surface area contributed by atoms with Gasteiger partial charge in [0.25, 0.3) is 0 Å². The van der Waals surface area contributed by atoms with Gasteiger partial charge in [-0.2, -0.15) is 0 Å². The van der Waals surface area contributed by atoms with Gasteiger partial charge in [0.05, 0.1) is 0 Å². The summed E-state index contributed by atoms with van der Waals surface area (Å²) in [5.41, 5.74) is -0.358. The summed E-state index contributed by atoms with van der Waals surface area (Å²) in [6.45, 7) is 0. The molecule has 0 radical (unpaired) electrons. The molecule has 58 valence electrons. The first-order valence-corrected chi connectivity index (χ1v) is 3.56. The zero-order valence-electron chi connectivity index (χ0n) is 5.91. The van der Waals surface area contributed by atoms with E-state index in [1.165, 1.54) is 6.20 Å². The lowest BCUT2D eigenvalue weighted by Crippen LogP contribution is -2.11. The van der Waals surface area contributed by atoms with Crippen molar-refractivity contribution in [2.45, 2.75) is 18.9 Å². The summed E-state index contributed by atoms with van der Waals surface area (Å²) in [6.07, 6.45) is 3.93. The van der Waals surface area contributed by atoms with Crippen LogP contribution in [0.1, 0.15) is 12.8 Å². The molecule has 0 aliphatic heterocycles. The van der Waals surface area contributed by atoms with Crippen LogP contribution >= 0.6 is 0 Å². The van der Waals surface area contributed by atoms with E-state index < -0.39 is 0 Å². The Hall–Kier alpha value is -1.32. The van der Waals surface area contributed by atoms with Crippen LogP contribution in [0.5, 0.6) is 5.88 Å². The van der Waals surface area contributed by atoms with Gasteiger partial charge in [0.2, 0.25) is 0 Å². The highest BCUT2D eigenvalue weighted by molar-refractivity contribution is 5.06. The zero-order chi connectivity index (χ0) is 7.68. The van der Waals surface area contributed by atoms with Gasteiger partial charge in [0.15, 0.2) is 5.88 Å². The SMILES string of the molecule is O=c1nccc(OC2CC2)[nH]1. The van der Waals surface area contributed by atoms with E-state index in [0.717, 1.165) is 12.8 Å². The summed E-state index contributed by atoms with van der Waals surface area (Å²) in [4.78, 5) is 16.6. The van der Waals surface area contributed by atoms with E-state index in [1.807, 2.05) is 0 Å². The van der Waals surface area contributed by atoms with E-state index in [0.29, 0.717) is 12.0 Å². The van der Waals surface area contributed by atoms with Crippen LogP contribution < -0.4 is 10.4 Å². The van der Waals surface area contributed by atoms with Crippen LogP contribution in [0.25, 0.3) is 0 Å². The van der Waals surface area contributed by atoms with E-state index in [2.05, 4.69) is 9.97 Å². The summed E-state index contributed by atoms with van der Waals surface area (Å²) in [5.74, 6) is 0.521. The van der Waals surface area contributed by atoms with Gasteiger partial charge in [-0.25, -0.2) is 9.78 Å². The third-order valence-electron chi connectivity index (χ3n) is 1.47. The summed E-state index contributed by atoms with van der Waals surface area (Å²) in [6, 6.07) is 1.65. The first kappa shape index (κ1) is 6.39. The highest BCUT2D eigenvalue weighted by Gasteiger charge is 2.23. The van der Waals surface area contributed by atoms with Gasteiger partial charge >= 0.3 is 5.69 Å². The monoisotopic (exact) mass is 152 g/mol. The molecule has 2 rings (SSSR count). The second-order valence-electron chi connectivity index (χ2n) is 2.56. The van der Waals surface area contributed by atoms with E-state index in [-0.39, 0.29) is 5.69 Å². The van der Waals surface area contributed by atoms with Crippen molar-refractivity contribution < 1.29 is 4.74 Å². The number of ether oxygens (including phenoxy) is 1. The molecular weight excluding hydrogens is 144 g/mol. The largest absolute Gasteiger partial charge is 0.476 e. The van der Waals surface area contributed by atoms with Gasteiger partial charge in [-0.1, -0.05) is 0 Å². The van der Waals surface area contributed by atoms with E-state index in [9.17, 15) is 4.79 Å². The molecule has 11 heavy (non-hydrogen) atoms. The molecule has 0 aromatic carbocycles. The number of H-pyrrole nitrogens is 1. The molecule has 1 aliphatic carbocycles. The van der Waals surface area contributed by atoms with Crippen LogP contribution in [0.2, 0.25) is 0 Å². The lowest BCUT2D eigenvalue weighted by Gasteiger charge is -2.00. The third-order valence-corrected chi connectivity index (χ3v) is 1.47. The molecule has 0 saturated heterocycles. The van der Waals surface area contributed by atoms with E-state index in [1.54, 1.807) is 6.07 Å². The number of rotatable bonds is 2. The fourth-order valence-corrected chi connectivity index (χ4v) is 0.786. The van der Waals surface area contributed by atoms with Crippen molar-refractivity contribution in [3.63, 3.8) is 0 Å². The minimum Gasteiger partial charge on any atom is -0.476 e. The summed E-state index contributed by atoms with van der Waals surface area (Å²) >= 11 is 0. The molecule has 1 aromatic rings. The van der Waals surface area contributed by atoms with Gasteiger partial charge in [-0.05, 0) is 12.8 Å². The molecule has 0 spiro atoms. The fourth-order valence-electron chi connectivity index (χ4n) is 0.786. The molecule has 4 heteroatoms. The van der Waals surface area contributed by atoms with Crippen LogP contribution in [0.4, 0.5) is 0 Å². The number of hydrogen-bond acceptors (Lipinski definition) is 3. The molecule has 1 aliphatic rings. The van der Waals surface area contributed by atoms with Gasteiger partial charge < -0.3 is 4.74 Å². The predicted molar refractivity (Wildman–Crippen MR) is 38.5 cm³/mol. The molecule has 1 heterocycles. The molecule has 1 N–H and O–H groups in total. The summed E-state index contributed by atoms with van der Waals surface area (Å²) in [5, 5.41) is 0. The van der Waals surface area contributed by atoms with Crippen LogP contribution in [-0.4, -0.2) is 16.1 Å². The second kappa shape index (κ2) is 2.38. The molecular formula is C7H8N2O2. The maximum absolute atomic E-state index is 10.6. The minimum absolute atomic E-state index is 0.313. The molecule has 0 amide bonds. The number of hydrogen-bond donors (Lipinski definition) is 1. The first-order valence-electron chi connectivity index (χ1n) is 3.56. The zero-order valence-corrected chi connectivity index (χ0v) is 5.91. The molecule has 4 nitrogen and oxygen atoms in total. The highest BCUT2D eigenvalue weighted by Crippen LogP contribution is 2.24. The van der Waals surface area contributed by atoms with E-state index in [4.69, 9.17) is 4.74 Å². The Morgan fingerprint density at radius 2 is 2.45 bits per heavy atom. The lowest BCUT2D eigenvalue weighted by atomic mass is 10.6. The molecule has 1 aromatic heterocycles. The maximum Gasteiger partial charge on any atom is 0.347 e. The molecule has 1 saturated carbocycles. The Bertz CT molecular complexity index is 303. The van der Waals surface area contributed by atoms with Crippen molar-refractivity contribution in [2.75, 3.05) is 0 Å². The molecule has 1 fully saturated rings. The van der Waals surface area contributed by atoms with Crippen molar-refractivity contribution in [1.82, 2.24) is 9.97 Å². The Balaban J connectivity index is 2.16. The number of nitrogens with zero attached hydrogens (tertiary/aromatic N) is 1. The van der Waals surface area contributed by atoms with Crippen LogP contribution in [0.3, 0.4) is 0 Å². The average Bonchev–Trinajstić information content (AvgIpc) is 2.71. The fraction of sp³-hybridized carbons (Fsp3) is 0.429. The quantitative estimate of drug-likeness (QED) is 0.663. The number of nitrogens with one attached hydrogen (secondary N) is 1. The molecule has 0 atom stereocenters. The number of aromatic amines is 1. The van der Waals surface area contributed by atoms with Crippen molar-refractivity contribution in [3.05, 3.63) is 22.7 Å². The van der Waals surface area contributed by atoms with Crippen molar-refractivity contribution in [2.24, 2.45) is 0 Å². The average molecular weight is 152 g/mol. The van der Waals surface area contributed by atoms with Gasteiger partial charge in [-0.15, -0.1) is 0 Å². The topological polar surface area (TPSA) is 55.0 Å². The van der Waals surface area contributed by atoms with Gasteiger partial charge in [0.1, 0.15) is 6.10 Å². The van der Waals surface area contributed by atoms with Crippen molar-refractivity contribution >= 4 is 0 Å². The minimum atomic E-state index is -0.358.